The molecule has 1 aliphatic carbocycles. The van der Waals surface area contributed by atoms with Crippen molar-refractivity contribution >= 4 is 0 Å². The third-order valence-corrected chi connectivity index (χ3v) is 6.24. The average molecular weight is 280 g/mol. The first-order valence-corrected chi connectivity index (χ1v) is 9.13. The Morgan fingerprint density at radius 2 is 1.70 bits per heavy atom. The average Bonchev–Trinajstić information content (AvgIpc) is 2.49. The van der Waals surface area contributed by atoms with Crippen LogP contribution in [0.4, 0.5) is 0 Å². The molecule has 20 heavy (non-hydrogen) atoms. The van der Waals surface area contributed by atoms with E-state index in [2.05, 4.69) is 37.9 Å². The lowest BCUT2D eigenvalue weighted by Gasteiger charge is -2.57. The lowest BCUT2D eigenvalue weighted by atomic mass is 9.75. The highest BCUT2D eigenvalue weighted by Crippen LogP contribution is 2.38. The van der Waals surface area contributed by atoms with Gasteiger partial charge in [-0.05, 0) is 39.0 Å². The number of hydrogen-bond acceptors (Lipinski definition) is 2. The van der Waals surface area contributed by atoms with Crippen LogP contribution in [-0.4, -0.2) is 35.1 Å². The molecule has 1 saturated carbocycles. The van der Waals surface area contributed by atoms with Gasteiger partial charge in [0.1, 0.15) is 0 Å². The van der Waals surface area contributed by atoms with Crippen molar-refractivity contribution in [3.8, 4) is 0 Å². The molecule has 2 fully saturated rings. The standard InChI is InChI=1S/C18H36N2/c1-5-11-16(4)20-15-17(12-9-8-10-13-17)19-14-18(20,6-2)7-3/h16,19H,5-15H2,1-4H3. The molecular formula is C18H36N2. The van der Waals surface area contributed by atoms with Gasteiger partial charge < -0.3 is 5.32 Å². The van der Waals surface area contributed by atoms with Gasteiger partial charge in [-0.15, -0.1) is 0 Å². The van der Waals surface area contributed by atoms with E-state index in [-0.39, 0.29) is 0 Å². The molecule has 0 aromatic heterocycles. The third-order valence-electron chi connectivity index (χ3n) is 6.24. The molecule has 0 radical (unpaired) electrons. The first-order chi connectivity index (χ1) is 9.61. The Labute approximate surface area is 126 Å². The van der Waals surface area contributed by atoms with E-state index in [1.165, 1.54) is 70.9 Å². The van der Waals surface area contributed by atoms with Crippen LogP contribution in [0.1, 0.15) is 85.5 Å². The predicted molar refractivity (Wildman–Crippen MR) is 88.2 cm³/mol. The van der Waals surface area contributed by atoms with Crippen LogP contribution in [0.5, 0.6) is 0 Å². The lowest BCUT2D eigenvalue weighted by Crippen LogP contribution is -2.71. The minimum Gasteiger partial charge on any atom is -0.308 e. The van der Waals surface area contributed by atoms with Crippen LogP contribution < -0.4 is 5.32 Å². The van der Waals surface area contributed by atoms with Gasteiger partial charge in [0.15, 0.2) is 0 Å². The first-order valence-electron chi connectivity index (χ1n) is 9.13. The predicted octanol–water partition coefficient (Wildman–Crippen LogP) is 4.34. The fourth-order valence-corrected chi connectivity index (χ4v) is 4.67. The molecule has 2 aliphatic rings. The minimum atomic E-state index is 0.400. The summed E-state index contributed by atoms with van der Waals surface area (Å²) in [5.74, 6) is 0. The Balaban J connectivity index is 2.17. The zero-order valence-electron chi connectivity index (χ0n) is 14.3. The topological polar surface area (TPSA) is 15.3 Å². The monoisotopic (exact) mass is 280 g/mol. The van der Waals surface area contributed by atoms with Gasteiger partial charge in [-0.1, -0.05) is 46.5 Å². The van der Waals surface area contributed by atoms with Crippen molar-refractivity contribution in [3.63, 3.8) is 0 Å². The molecule has 1 aliphatic heterocycles. The van der Waals surface area contributed by atoms with Gasteiger partial charge in [-0.3, -0.25) is 4.90 Å². The molecule has 0 aromatic rings. The van der Waals surface area contributed by atoms with Crippen molar-refractivity contribution in [2.24, 2.45) is 0 Å². The van der Waals surface area contributed by atoms with Crippen LogP contribution in [-0.2, 0) is 0 Å². The van der Waals surface area contributed by atoms with Crippen molar-refractivity contribution in [1.29, 1.82) is 0 Å². The van der Waals surface area contributed by atoms with Crippen molar-refractivity contribution in [2.45, 2.75) is 103 Å². The van der Waals surface area contributed by atoms with Crippen molar-refractivity contribution in [1.82, 2.24) is 10.2 Å². The van der Waals surface area contributed by atoms with Crippen LogP contribution in [0, 0.1) is 0 Å². The summed E-state index contributed by atoms with van der Waals surface area (Å²) in [5.41, 5.74) is 0.839. The van der Waals surface area contributed by atoms with Gasteiger partial charge >= 0.3 is 0 Å². The molecule has 1 atom stereocenters. The SMILES string of the molecule is CCCC(C)N1CC2(CCCCC2)NCC1(CC)CC. The van der Waals surface area contributed by atoms with Gasteiger partial charge in [0.05, 0.1) is 0 Å². The first kappa shape index (κ1) is 16.3. The number of nitrogens with zero attached hydrogens (tertiary/aromatic N) is 1. The van der Waals surface area contributed by atoms with E-state index in [0.717, 1.165) is 6.04 Å². The Kier molecular flexibility index (Phi) is 5.53. The summed E-state index contributed by atoms with van der Waals surface area (Å²) >= 11 is 0. The Morgan fingerprint density at radius 3 is 2.25 bits per heavy atom. The largest absolute Gasteiger partial charge is 0.308 e. The molecule has 1 unspecified atom stereocenters. The molecule has 1 saturated heterocycles. The molecule has 2 rings (SSSR count). The van der Waals surface area contributed by atoms with Crippen LogP contribution in [0.2, 0.25) is 0 Å². The van der Waals surface area contributed by atoms with E-state index in [9.17, 15) is 0 Å². The summed E-state index contributed by atoms with van der Waals surface area (Å²) in [6.07, 6.45) is 12.3. The van der Waals surface area contributed by atoms with E-state index >= 15 is 0 Å². The van der Waals surface area contributed by atoms with Crippen LogP contribution in [0.25, 0.3) is 0 Å². The Morgan fingerprint density at radius 1 is 1.05 bits per heavy atom. The molecule has 0 bridgehead atoms. The van der Waals surface area contributed by atoms with Gasteiger partial charge in [0.2, 0.25) is 0 Å². The Bertz CT molecular complexity index is 290. The molecule has 1 N–H and O–H groups in total. The molecule has 2 heteroatoms. The summed E-state index contributed by atoms with van der Waals surface area (Å²) in [6, 6.07) is 0.737. The van der Waals surface area contributed by atoms with Crippen LogP contribution in [0.15, 0.2) is 0 Å². The zero-order chi connectivity index (χ0) is 14.6. The lowest BCUT2D eigenvalue weighted by molar-refractivity contribution is -0.0404. The van der Waals surface area contributed by atoms with Crippen molar-refractivity contribution in [2.75, 3.05) is 13.1 Å². The second-order valence-corrected chi connectivity index (χ2v) is 7.39. The molecule has 0 aromatic carbocycles. The van der Waals surface area contributed by atoms with E-state index < -0.39 is 0 Å². The smallest absolute Gasteiger partial charge is 0.0332 e. The molecule has 118 valence electrons. The highest BCUT2D eigenvalue weighted by atomic mass is 15.3. The number of hydrogen-bond donors (Lipinski definition) is 1. The van der Waals surface area contributed by atoms with E-state index in [1.54, 1.807) is 0 Å². The second kappa shape index (κ2) is 6.79. The number of nitrogens with one attached hydrogen (secondary N) is 1. The van der Waals surface area contributed by atoms with Crippen LogP contribution >= 0.6 is 0 Å². The van der Waals surface area contributed by atoms with Gasteiger partial charge in [0, 0.05) is 30.2 Å². The normalized spacial score (nSPS) is 27.6. The maximum Gasteiger partial charge on any atom is 0.0332 e. The van der Waals surface area contributed by atoms with Crippen LogP contribution in [0.3, 0.4) is 0 Å². The Hall–Kier alpha value is -0.0800. The number of piperazine rings is 1. The summed E-state index contributed by atoms with van der Waals surface area (Å²) in [4.78, 5) is 2.90. The fraction of sp³-hybridized carbons (Fsp3) is 1.00. The molecule has 1 heterocycles. The van der Waals surface area contributed by atoms with E-state index in [0.29, 0.717) is 11.1 Å². The van der Waals surface area contributed by atoms with Crippen molar-refractivity contribution < 1.29 is 0 Å². The summed E-state index contributed by atoms with van der Waals surface area (Å²) in [7, 11) is 0. The quantitative estimate of drug-likeness (QED) is 0.806. The van der Waals surface area contributed by atoms with Crippen molar-refractivity contribution in [3.05, 3.63) is 0 Å². The highest BCUT2D eigenvalue weighted by Gasteiger charge is 2.47. The minimum absolute atomic E-state index is 0.400. The zero-order valence-corrected chi connectivity index (χ0v) is 14.3. The van der Waals surface area contributed by atoms with E-state index in [1.807, 2.05) is 0 Å². The molecule has 2 nitrogen and oxygen atoms in total. The number of rotatable bonds is 5. The maximum absolute atomic E-state index is 4.01. The molecule has 1 spiro atoms. The summed E-state index contributed by atoms with van der Waals surface area (Å²) in [6.45, 7) is 12.1. The second-order valence-electron chi connectivity index (χ2n) is 7.39. The summed E-state index contributed by atoms with van der Waals surface area (Å²) < 4.78 is 0. The molecule has 0 amide bonds. The van der Waals surface area contributed by atoms with Gasteiger partial charge in [-0.25, -0.2) is 0 Å². The molecular weight excluding hydrogens is 244 g/mol. The third kappa shape index (κ3) is 3.06. The highest BCUT2D eigenvalue weighted by molar-refractivity contribution is 5.06. The maximum atomic E-state index is 4.01. The fourth-order valence-electron chi connectivity index (χ4n) is 4.67. The van der Waals surface area contributed by atoms with E-state index in [4.69, 9.17) is 0 Å². The summed E-state index contributed by atoms with van der Waals surface area (Å²) in [5, 5.41) is 4.01. The van der Waals surface area contributed by atoms with Gasteiger partial charge in [-0.2, -0.15) is 0 Å². The van der Waals surface area contributed by atoms with Gasteiger partial charge in [0.25, 0.3) is 0 Å².